The predicted molar refractivity (Wildman–Crippen MR) is 122 cm³/mol. The Bertz CT molecular complexity index is 845. The van der Waals surface area contributed by atoms with Crippen LogP contribution in [0.3, 0.4) is 0 Å². The molecule has 0 heterocycles. The second kappa shape index (κ2) is 8.50. The summed E-state index contributed by atoms with van der Waals surface area (Å²) in [5.74, 6) is 0.421. The van der Waals surface area contributed by atoms with Crippen molar-refractivity contribution in [3.63, 3.8) is 0 Å². The lowest BCUT2D eigenvalue weighted by molar-refractivity contribution is 0.319. The zero-order chi connectivity index (χ0) is 17.4. The summed E-state index contributed by atoms with van der Waals surface area (Å²) >= 11 is 0. The first-order chi connectivity index (χ1) is 12.2. The van der Waals surface area contributed by atoms with Gasteiger partial charge in [0.15, 0.2) is 0 Å². The largest absolute Gasteiger partial charge is 0.147 e. The van der Waals surface area contributed by atoms with Crippen LogP contribution in [-0.4, -0.2) is 0 Å². The lowest BCUT2D eigenvalue weighted by Gasteiger charge is -2.39. The Labute approximate surface area is 175 Å². The number of fused-ring (bicyclic) bond motifs is 3. The van der Waals surface area contributed by atoms with Crippen molar-refractivity contribution in [3.8, 4) is 11.1 Å². The van der Waals surface area contributed by atoms with Crippen molar-refractivity contribution >= 4 is 24.8 Å². The van der Waals surface area contributed by atoms with Gasteiger partial charge in [0.05, 0.1) is 0 Å². The van der Waals surface area contributed by atoms with Crippen molar-refractivity contribution in [1.29, 1.82) is 0 Å². The Morgan fingerprint density at radius 1 is 1.00 bits per heavy atom. The van der Waals surface area contributed by atoms with E-state index in [0.29, 0.717) is 5.92 Å². The van der Waals surface area contributed by atoms with E-state index in [9.17, 15) is 0 Å². The van der Waals surface area contributed by atoms with Crippen LogP contribution in [0.2, 0.25) is 0 Å². The molecular weight excluding hydrogens is 371 g/mol. The number of hydrogen-bond acceptors (Lipinski definition) is 0. The van der Waals surface area contributed by atoms with E-state index in [0.717, 1.165) is 19.3 Å². The molecule has 4 rings (SSSR count). The highest BCUT2D eigenvalue weighted by atomic mass is 35.5. The number of hydrogen-bond donors (Lipinski definition) is 0. The lowest BCUT2D eigenvalue weighted by Crippen LogP contribution is -2.28. The quantitative estimate of drug-likeness (QED) is 0.449. The first-order valence-corrected chi connectivity index (χ1v) is 9.32. The van der Waals surface area contributed by atoms with Gasteiger partial charge in [0, 0.05) is 11.3 Å². The van der Waals surface area contributed by atoms with E-state index in [1.54, 1.807) is 5.57 Å². The second-order valence-electron chi connectivity index (χ2n) is 7.62. The predicted octanol–water partition coefficient (Wildman–Crippen LogP) is 7.89. The molecule has 0 fully saturated rings. The van der Waals surface area contributed by atoms with Gasteiger partial charge in [0.1, 0.15) is 0 Å². The van der Waals surface area contributed by atoms with E-state index in [4.69, 9.17) is 0 Å². The van der Waals surface area contributed by atoms with E-state index in [1.165, 1.54) is 27.8 Å². The van der Waals surface area contributed by atoms with Crippen LogP contribution in [-0.2, 0) is 0 Å². The van der Waals surface area contributed by atoms with Crippen molar-refractivity contribution in [2.45, 2.75) is 39.0 Å². The van der Waals surface area contributed by atoms with Crippen molar-refractivity contribution in [1.82, 2.24) is 0 Å². The van der Waals surface area contributed by atoms with Crippen molar-refractivity contribution in [2.75, 3.05) is 0 Å². The van der Waals surface area contributed by atoms with Crippen LogP contribution in [0.1, 0.15) is 50.2 Å². The van der Waals surface area contributed by atoms with Gasteiger partial charge in [0.2, 0.25) is 0 Å². The van der Waals surface area contributed by atoms with Crippen LogP contribution in [0.4, 0.5) is 0 Å². The van der Waals surface area contributed by atoms with E-state index in [-0.39, 0.29) is 30.2 Å². The molecule has 2 aliphatic carbocycles. The monoisotopic (exact) mass is 398 g/mol. The van der Waals surface area contributed by atoms with E-state index in [1.807, 2.05) is 0 Å². The topological polar surface area (TPSA) is 0 Å². The summed E-state index contributed by atoms with van der Waals surface area (Å²) in [4.78, 5) is 0. The Morgan fingerprint density at radius 2 is 1.56 bits per heavy atom. The van der Waals surface area contributed by atoms with Gasteiger partial charge in [-0.1, -0.05) is 84.8 Å². The molecule has 2 heteroatoms. The smallest absolute Gasteiger partial charge is 0.0193 e. The van der Waals surface area contributed by atoms with Crippen LogP contribution in [0.5, 0.6) is 0 Å². The summed E-state index contributed by atoms with van der Waals surface area (Å²) in [6, 6.07) is 18.0. The van der Waals surface area contributed by atoms with Crippen LogP contribution >= 0.6 is 24.8 Å². The molecule has 142 valence electrons. The zero-order valence-corrected chi connectivity index (χ0v) is 17.7. The maximum Gasteiger partial charge on any atom is 0.0193 e. The van der Waals surface area contributed by atoms with Gasteiger partial charge in [0.25, 0.3) is 0 Å². The molecule has 0 amide bonds. The Kier molecular flexibility index (Phi) is 6.78. The highest BCUT2D eigenvalue weighted by Gasteiger charge is 2.44. The van der Waals surface area contributed by atoms with Crippen molar-refractivity contribution in [3.05, 3.63) is 95.6 Å². The molecule has 0 bridgehead atoms. The Balaban J connectivity index is 0.00000131. The standard InChI is InChI=1S/C25H26.2ClH/c1-4-5-17-25(3,23-16-10-11-18(23)2)24-21-14-8-6-12-19(21)20-13-7-9-15-22(20)24;;/h4,6-15,24H,1,5,16-17H2,2-3H3;2*1H. The highest BCUT2D eigenvalue weighted by molar-refractivity contribution is 5.85. The molecule has 27 heavy (non-hydrogen) atoms. The fourth-order valence-corrected chi connectivity index (χ4v) is 5.01. The van der Waals surface area contributed by atoms with E-state index >= 15 is 0 Å². The summed E-state index contributed by atoms with van der Waals surface area (Å²) in [5, 5.41) is 0. The van der Waals surface area contributed by atoms with Crippen molar-refractivity contribution in [2.24, 2.45) is 5.41 Å². The summed E-state index contributed by atoms with van der Waals surface area (Å²) in [5.41, 5.74) is 8.98. The van der Waals surface area contributed by atoms with Crippen LogP contribution in [0.25, 0.3) is 11.1 Å². The third kappa shape index (κ3) is 3.42. The third-order valence-electron chi connectivity index (χ3n) is 6.19. The molecule has 1 unspecified atom stereocenters. The number of halogens is 2. The molecule has 0 saturated carbocycles. The fourth-order valence-electron chi connectivity index (χ4n) is 5.01. The maximum absolute atomic E-state index is 3.99. The molecule has 0 spiro atoms. The van der Waals surface area contributed by atoms with Crippen LogP contribution in [0.15, 0.2) is 84.5 Å². The molecule has 0 nitrogen and oxygen atoms in total. The summed E-state index contributed by atoms with van der Waals surface area (Å²) in [7, 11) is 0. The highest BCUT2D eigenvalue weighted by Crippen LogP contribution is 2.58. The normalized spacial score (nSPS) is 16.8. The first kappa shape index (κ1) is 21.5. The molecule has 2 aromatic rings. The van der Waals surface area contributed by atoms with Gasteiger partial charge in [-0.3, -0.25) is 0 Å². The molecule has 0 N–H and O–H groups in total. The molecule has 2 aromatic carbocycles. The number of rotatable bonds is 5. The average Bonchev–Trinajstić information content (AvgIpc) is 3.22. The average molecular weight is 399 g/mol. The fraction of sp³-hybridized carbons (Fsp3) is 0.280. The second-order valence-corrected chi connectivity index (χ2v) is 7.62. The summed E-state index contributed by atoms with van der Waals surface area (Å²) in [6.07, 6.45) is 9.97. The molecule has 0 aromatic heterocycles. The third-order valence-corrected chi connectivity index (χ3v) is 6.19. The number of allylic oxidation sites excluding steroid dienone is 5. The summed E-state index contributed by atoms with van der Waals surface area (Å²) in [6.45, 7) is 8.75. The first-order valence-electron chi connectivity index (χ1n) is 9.32. The minimum atomic E-state index is 0. The van der Waals surface area contributed by atoms with E-state index < -0.39 is 0 Å². The van der Waals surface area contributed by atoms with Crippen molar-refractivity contribution < 1.29 is 0 Å². The molecule has 0 aliphatic heterocycles. The summed E-state index contributed by atoms with van der Waals surface area (Å²) < 4.78 is 0. The van der Waals surface area contributed by atoms with E-state index in [2.05, 4.69) is 87.2 Å². The maximum atomic E-state index is 3.99. The Morgan fingerprint density at radius 3 is 2.04 bits per heavy atom. The van der Waals surface area contributed by atoms with Gasteiger partial charge in [-0.2, -0.15) is 0 Å². The molecular formula is C25H28Cl2. The lowest BCUT2D eigenvalue weighted by atomic mass is 9.64. The van der Waals surface area contributed by atoms with Gasteiger partial charge >= 0.3 is 0 Å². The van der Waals surface area contributed by atoms with Crippen LogP contribution in [0, 0.1) is 5.41 Å². The number of benzene rings is 2. The Hall–Kier alpha value is -1.76. The minimum Gasteiger partial charge on any atom is -0.147 e. The molecule has 0 saturated heterocycles. The van der Waals surface area contributed by atoms with Gasteiger partial charge < -0.3 is 0 Å². The molecule has 2 aliphatic rings. The minimum absolute atomic E-state index is 0. The van der Waals surface area contributed by atoms with Gasteiger partial charge in [-0.05, 0) is 48.4 Å². The molecule has 1 atom stereocenters. The zero-order valence-electron chi connectivity index (χ0n) is 16.1. The van der Waals surface area contributed by atoms with Gasteiger partial charge in [-0.25, -0.2) is 0 Å². The van der Waals surface area contributed by atoms with Gasteiger partial charge in [-0.15, -0.1) is 31.4 Å². The SMILES string of the molecule is C=CCCC(C)(C1=C(C)C=CC1)C1c2ccccc2-c2ccccc21.Cl.Cl. The van der Waals surface area contributed by atoms with Crippen LogP contribution < -0.4 is 0 Å². The molecule has 0 radical (unpaired) electrons.